The van der Waals surface area contributed by atoms with E-state index in [4.69, 9.17) is 16.7 Å². The third-order valence-electron chi connectivity index (χ3n) is 3.42. The van der Waals surface area contributed by atoms with Gasteiger partial charge in [0.25, 0.3) is 0 Å². The SMILES string of the molecule is CCc1ccc(C(CC(=O)O)c2cccc(Cl)c2)cc1. The summed E-state index contributed by atoms with van der Waals surface area (Å²) in [6, 6.07) is 15.5. The molecule has 1 atom stereocenters. The van der Waals surface area contributed by atoms with Crippen molar-refractivity contribution in [2.24, 2.45) is 0 Å². The van der Waals surface area contributed by atoms with Gasteiger partial charge in [0.05, 0.1) is 6.42 Å². The van der Waals surface area contributed by atoms with Gasteiger partial charge >= 0.3 is 5.97 Å². The average molecular weight is 289 g/mol. The van der Waals surface area contributed by atoms with Crippen molar-refractivity contribution in [3.05, 3.63) is 70.2 Å². The van der Waals surface area contributed by atoms with Gasteiger partial charge in [-0.15, -0.1) is 0 Å². The van der Waals surface area contributed by atoms with E-state index in [2.05, 4.69) is 19.1 Å². The monoisotopic (exact) mass is 288 g/mol. The maximum absolute atomic E-state index is 11.1. The fourth-order valence-corrected chi connectivity index (χ4v) is 2.51. The summed E-state index contributed by atoms with van der Waals surface area (Å²) >= 11 is 6.01. The molecule has 0 fully saturated rings. The molecule has 2 aromatic rings. The summed E-state index contributed by atoms with van der Waals surface area (Å²) in [7, 11) is 0. The molecule has 1 N–H and O–H groups in total. The Morgan fingerprint density at radius 2 is 1.85 bits per heavy atom. The molecule has 3 heteroatoms. The lowest BCUT2D eigenvalue weighted by Gasteiger charge is -2.16. The van der Waals surface area contributed by atoms with Crippen LogP contribution in [0.4, 0.5) is 0 Å². The van der Waals surface area contributed by atoms with Crippen LogP contribution in [0.3, 0.4) is 0 Å². The smallest absolute Gasteiger partial charge is 0.304 e. The number of hydrogen-bond donors (Lipinski definition) is 1. The van der Waals surface area contributed by atoms with Crippen LogP contribution in [-0.2, 0) is 11.2 Å². The fourth-order valence-electron chi connectivity index (χ4n) is 2.31. The second-order valence-corrected chi connectivity index (χ2v) is 5.24. The number of aliphatic carboxylic acids is 1. The molecular formula is C17H17ClO2. The number of hydrogen-bond acceptors (Lipinski definition) is 1. The molecule has 0 bridgehead atoms. The van der Waals surface area contributed by atoms with E-state index in [1.165, 1.54) is 5.56 Å². The first-order chi connectivity index (χ1) is 9.60. The molecule has 2 rings (SSSR count). The Morgan fingerprint density at radius 1 is 1.15 bits per heavy atom. The first-order valence-electron chi connectivity index (χ1n) is 6.66. The number of aryl methyl sites for hydroxylation is 1. The predicted octanol–water partition coefficient (Wildman–Crippen LogP) is 4.51. The molecule has 1 unspecified atom stereocenters. The molecule has 0 amide bonds. The van der Waals surface area contributed by atoms with Crippen molar-refractivity contribution >= 4 is 17.6 Å². The largest absolute Gasteiger partial charge is 0.481 e. The van der Waals surface area contributed by atoms with Gasteiger partial charge in [0.2, 0.25) is 0 Å². The number of carboxylic acids is 1. The van der Waals surface area contributed by atoms with E-state index in [0.29, 0.717) is 5.02 Å². The number of benzene rings is 2. The van der Waals surface area contributed by atoms with E-state index in [9.17, 15) is 4.79 Å². The van der Waals surface area contributed by atoms with E-state index in [1.807, 2.05) is 30.3 Å². The zero-order valence-corrected chi connectivity index (χ0v) is 12.1. The molecular weight excluding hydrogens is 272 g/mol. The minimum absolute atomic E-state index is 0.0613. The van der Waals surface area contributed by atoms with Gasteiger partial charge in [-0.3, -0.25) is 4.79 Å². The van der Waals surface area contributed by atoms with E-state index in [1.54, 1.807) is 6.07 Å². The van der Waals surface area contributed by atoms with Gasteiger partial charge < -0.3 is 5.11 Å². The van der Waals surface area contributed by atoms with Crippen LogP contribution in [0.1, 0.15) is 36.0 Å². The minimum atomic E-state index is -0.811. The van der Waals surface area contributed by atoms with Crippen LogP contribution in [-0.4, -0.2) is 11.1 Å². The summed E-state index contributed by atoms with van der Waals surface area (Å²) in [5, 5.41) is 9.77. The van der Waals surface area contributed by atoms with Crippen LogP contribution >= 0.6 is 11.6 Å². The van der Waals surface area contributed by atoms with Crippen molar-refractivity contribution in [2.75, 3.05) is 0 Å². The molecule has 0 aliphatic carbocycles. The molecule has 104 valence electrons. The highest BCUT2D eigenvalue weighted by Gasteiger charge is 2.18. The maximum Gasteiger partial charge on any atom is 0.304 e. The molecule has 0 saturated carbocycles. The molecule has 2 aromatic carbocycles. The first kappa shape index (κ1) is 14.6. The molecule has 0 aliphatic rings. The Kier molecular flexibility index (Phi) is 4.80. The fraction of sp³-hybridized carbons (Fsp3) is 0.235. The Bertz CT molecular complexity index is 590. The Balaban J connectivity index is 2.38. The van der Waals surface area contributed by atoms with Gasteiger partial charge in [0.15, 0.2) is 0 Å². The summed E-state index contributed by atoms with van der Waals surface area (Å²) in [5.41, 5.74) is 3.19. The van der Waals surface area contributed by atoms with Crippen LogP contribution in [0.2, 0.25) is 5.02 Å². The maximum atomic E-state index is 11.1. The van der Waals surface area contributed by atoms with Crippen LogP contribution in [0.15, 0.2) is 48.5 Å². The number of halogens is 1. The second-order valence-electron chi connectivity index (χ2n) is 4.80. The van der Waals surface area contributed by atoms with E-state index in [0.717, 1.165) is 17.5 Å². The summed E-state index contributed by atoms with van der Waals surface area (Å²) in [6.45, 7) is 2.10. The third-order valence-corrected chi connectivity index (χ3v) is 3.66. The number of rotatable bonds is 5. The highest BCUT2D eigenvalue weighted by Crippen LogP contribution is 2.30. The molecule has 0 heterocycles. The Hall–Kier alpha value is -1.80. The quantitative estimate of drug-likeness (QED) is 0.879. The van der Waals surface area contributed by atoms with Gasteiger partial charge in [-0.2, -0.15) is 0 Å². The van der Waals surface area contributed by atoms with Gasteiger partial charge in [0, 0.05) is 10.9 Å². The van der Waals surface area contributed by atoms with E-state index in [-0.39, 0.29) is 12.3 Å². The van der Waals surface area contributed by atoms with Gasteiger partial charge in [-0.25, -0.2) is 0 Å². The lowest BCUT2D eigenvalue weighted by atomic mass is 9.88. The van der Waals surface area contributed by atoms with Crippen LogP contribution in [0.5, 0.6) is 0 Å². The Labute approximate surface area is 124 Å². The highest BCUT2D eigenvalue weighted by atomic mass is 35.5. The van der Waals surface area contributed by atoms with Crippen molar-refractivity contribution < 1.29 is 9.90 Å². The summed E-state index contributed by atoms with van der Waals surface area (Å²) in [5.74, 6) is -0.980. The lowest BCUT2D eigenvalue weighted by molar-refractivity contribution is -0.137. The molecule has 20 heavy (non-hydrogen) atoms. The molecule has 2 nitrogen and oxygen atoms in total. The van der Waals surface area contributed by atoms with Crippen molar-refractivity contribution in [1.82, 2.24) is 0 Å². The van der Waals surface area contributed by atoms with Crippen molar-refractivity contribution in [3.8, 4) is 0 Å². The van der Waals surface area contributed by atoms with E-state index >= 15 is 0 Å². The van der Waals surface area contributed by atoms with Gasteiger partial charge in [-0.05, 0) is 35.2 Å². The predicted molar refractivity (Wildman–Crippen MR) is 81.4 cm³/mol. The zero-order valence-electron chi connectivity index (χ0n) is 11.3. The van der Waals surface area contributed by atoms with Crippen LogP contribution < -0.4 is 0 Å². The Morgan fingerprint density at radius 3 is 2.40 bits per heavy atom. The molecule has 0 spiro atoms. The van der Waals surface area contributed by atoms with Gasteiger partial charge in [0.1, 0.15) is 0 Å². The average Bonchev–Trinajstić information content (AvgIpc) is 2.45. The summed E-state index contributed by atoms with van der Waals surface area (Å²) in [4.78, 5) is 11.1. The zero-order chi connectivity index (χ0) is 14.5. The van der Waals surface area contributed by atoms with Crippen LogP contribution in [0, 0.1) is 0 Å². The molecule has 0 aliphatic heterocycles. The summed E-state index contributed by atoms with van der Waals surface area (Å²) < 4.78 is 0. The van der Waals surface area contributed by atoms with E-state index < -0.39 is 5.97 Å². The molecule has 0 radical (unpaired) electrons. The van der Waals surface area contributed by atoms with Crippen molar-refractivity contribution in [3.63, 3.8) is 0 Å². The molecule has 0 aromatic heterocycles. The number of carboxylic acid groups (broad SMARTS) is 1. The minimum Gasteiger partial charge on any atom is -0.481 e. The lowest BCUT2D eigenvalue weighted by Crippen LogP contribution is -2.08. The summed E-state index contributed by atoms with van der Waals surface area (Å²) in [6.07, 6.45) is 1.03. The molecule has 0 saturated heterocycles. The number of carbonyl (C=O) groups is 1. The standard InChI is InChI=1S/C17H17ClO2/c1-2-12-6-8-13(9-7-12)16(11-17(19)20)14-4-3-5-15(18)10-14/h3-10,16H,2,11H2,1H3,(H,19,20). The highest BCUT2D eigenvalue weighted by molar-refractivity contribution is 6.30. The van der Waals surface area contributed by atoms with Crippen molar-refractivity contribution in [2.45, 2.75) is 25.7 Å². The topological polar surface area (TPSA) is 37.3 Å². The van der Waals surface area contributed by atoms with Gasteiger partial charge in [-0.1, -0.05) is 54.9 Å². The van der Waals surface area contributed by atoms with Crippen LogP contribution in [0.25, 0.3) is 0 Å². The van der Waals surface area contributed by atoms with Crippen molar-refractivity contribution in [1.29, 1.82) is 0 Å². The second kappa shape index (κ2) is 6.58. The first-order valence-corrected chi connectivity index (χ1v) is 7.04. The third kappa shape index (κ3) is 3.61. The normalized spacial score (nSPS) is 12.1.